The van der Waals surface area contributed by atoms with E-state index in [1.165, 1.54) is 12.1 Å². The van der Waals surface area contributed by atoms with Crippen LogP contribution < -0.4 is 16.2 Å². The van der Waals surface area contributed by atoms with Crippen molar-refractivity contribution in [2.24, 2.45) is 0 Å². The molecule has 0 amide bonds. The van der Waals surface area contributed by atoms with Crippen molar-refractivity contribution in [2.45, 2.75) is 0 Å². The summed E-state index contributed by atoms with van der Waals surface area (Å²) in [6.07, 6.45) is 0. The molecular formula is C13H10F2N2O3. The predicted molar refractivity (Wildman–Crippen MR) is 68.7 cm³/mol. The summed E-state index contributed by atoms with van der Waals surface area (Å²) < 4.78 is 32.2. The number of ether oxygens (including phenoxy) is 1. The first-order valence-corrected chi connectivity index (χ1v) is 5.44. The summed E-state index contributed by atoms with van der Waals surface area (Å²) in [4.78, 5) is 10.9. The highest BCUT2D eigenvalue weighted by molar-refractivity contribution is 5.94. The molecule has 0 atom stereocenters. The molecule has 0 fully saturated rings. The average molecular weight is 280 g/mol. The molecule has 0 spiro atoms. The maximum atomic E-state index is 13.7. The first-order chi connectivity index (χ1) is 9.40. The van der Waals surface area contributed by atoms with Crippen LogP contribution in [0.4, 0.5) is 20.2 Å². The molecule has 7 heteroatoms. The second-order valence-corrected chi connectivity index (χ2v) is 3.94. The second-order valence-electron chi connectivity index (χ2n) is 3.94. The zero-order valence-corrected chi connectivity index (χ0v) is 10.1. The van der Waals surface area contributed by atoms with Crippen LogP contribution in [-0.2, 0) is 0 Å². The molecule has 5 N–H and O–H groups in total. The van der Waals surface area contributed by atoms with Crippen molar-refractivity contribution in [1.82, 2.24) is 0 Å². The number of hydrogen-bond acceptors (Lipinski definition) is 4. The third-order valence-corrected chi connectivity index (χ3v) is 2.55. The lowest BCUT2D eigenvalue weighted by atomic mass is 10.1. The summed E-state index contributed by atoms with van der Waals surface area (Å²) in [5, 5.41) is 8.91. The fourth-order valence-electron chi connectivity index (χ4n) is 1.54. The Bertz CT molecular complexity index is 690. The van der Waals surface area contributed by atoms with E-state index >= 15 is 0 Å². The molecular weight excluding hydrogens is 270 g/mol. The Kier molecular flexibility index (Phi) is 3.43. The minimum Gasteiger partial charge on any atom is -0.478 e. The third-order valence-electron chi connectivity index (χ3n) is 2.55. The predicted octanol–water partition coefficient (Wildman–Crippen LogP) is 2.62. The summed E-state index contributed by atoms with van der Waals surface area (Å²) in [5.41, 5.74) is 10.3. The smallest absolute Gasteiger partial charge is 0.337 e. The van der Waals surface area contributed by atoms with Crippen molar-refractivity contribution >= 4 is 17.3 Å². The number of carboxylic acids is 1. The summed E-state index contributed by atoms with van der Waals surface area (Å²) in [6, 6.07) is 5.64. The van der Waals surface area contributed by atoms with Crippen molar-refractivity contribution in [2.75, 3.05) is 11.5 Å². The number of rotatable bonds is 3. The molecule has 0 saturated heterocycles. The van der Waals surface area contributed by atoms with Crippen LogP contribution in [0, 0.1) is 11.6 Å². The van der Waals surface area contributed by atoms with Crippen molar-refractivity contribution in [3.63, 3.8) is 0 Å². The molecule has 5 nitrogen and oxygen atoms in total. The van der Waals surface area contributed by atoms with Crippen LogP contribution in [0.2, 0.25) is 0 Å². The maximum absolute atomic E-state index is 13.7. The van der Waals surface area contributed by atoms with Gasteiger partial charge in [0.1, 0.15) is 5.75 Å². The van der Waals surface area contributed by atoms with E-state index in [2.05, 4.69) is 0 Å². The Balaban J connectivity index is 2.43. The fourth-order valence-corrected chi connectivity index (χ4v) is 1.54. The van der Waals surface area contributed by atoms with Crippen LogP contribution in [0.5, 0.6) is 11.5 Å². The van der Waals surface area contributed by atoms with E-state index in [0.717, 1.165) is 18.2 Å². The van der Waals surface area contributed by atoms with Crippen molar-refractivity contribution in [3.05, 3.63) is 47.5 Å². The van der Waals surface area contributed by atoms with Gasteiger partial charge in [-0.25, -0.2) is 13.6 Å². The molecule has 2 rings (SSSR count). The lowest BCUT2D eigenvalue weighted by molar-refractivity contribution is 0.0697. The minimum atomic E-state index is -1.28. The Morgan fingerprint density at radius 1 is 1.10 bits per heavy atom. The zero-order valence-electron chi connectivity index (χ0n) is 10.1. The highest BCUT2D eigenvalue weighted by Crippen LogP contribution is 2.31. The normalized spacial score (nSPS) is 10.3. The lowest BCUT2D eigenvalue weighted by Gasteiger charge is -2.10. The van der Waals surface area contributed by atoms with Gasteiger partial charge in [-0.1, -0.05) is 0 Å². The topological polar surface area (TPSA) is 98.6 Å². The lowest BCUT2D eigenvalue weighted by Crippen LogP contribution is -2.03. The number of aromatic carboxylic acids is 1. The quantitative estimate of drug-likeness (QED) is 0.750. The number of hydrogen-bond donors (Lipinski definition) is 3. The van der Waals surface area contributed by atoms with Crippen molar-refractivity contribution in [3.8, 4) is 11.5 Å². The molecule has 0 aliphatic rings. The standard InChI is InChI=1S/C13H10F2N2O3/c14-8-2-4-10(17)11(15)12(8)20-6-1-3-9(16)7(5-6)13(18)19/h1-5H,16-17H2,(H,18,19). The maximum Gasteiger partial charge on any atom is 0.337 e. The molecule has 0 saturated carbocycles. The van der Waals surface area contributed by atoms with Crippen LogP contribution in [0.25, 0.3) is 0 Å². The Morgan fingerprint density at radius 3 is 2.40 bits per heavy atom. The summed E-state index contributed by atoms with van der Waals surface area (Å²) in [5.74, 6) is -4.06. The highest BCUT2D eigenvalue weighted by Gasteiger charge is 2.16. The van der Waals surface area contributed by atoms with Crippen molar-refractivity contribution in [1.29, 1.82) is 0 Å². The number of nitrogen functional groups attached to an aromatic ring is 2. The molecule has 0 heterocycles. The Hall–Kier alpha value is -2.83. The first-order valence-electron chi connectivity index (χ1n) is 5.44. The van der Waals surface area contributed by atoms with Crippen LogP contribution in [0.15, 0.2) is 30.3 Å². The van der Waals surface area contributed by atoms with Gasteiger partial charge in [0.05, 0.1) is 11.3 Å². The summed E-state index contributed by atoms with van der Waals surface area (Å²) >= 11 is 0. The van der Waals surface area contributed by atoms with Gasteiger partial charge in [-0.2, -0.15) is 0 Å². The number of carbonyl (C=O) groups is 1. The van der Waals surface area contributed by atoms with E-state index in [1.54, 1.807) is 0 Å². The molecule has 0 unspecified atom stereocenters. The zero-order chi connectivity index (χ0) is 14.9. The van der Waals surface area contributed by atoms with Crippen LogP contribution >= 0.6 is 0 Å². The summed E-state index contributed by atoms with van der Waals surface area (Å²) in [7, 11) is 0. The van der Waals surface area contributed by atoms with Gasteiger partial charge in [0.15, 0.2) is 11.6 Å². The highest BCUT2D eigenvalue weighted by atomic mass is 19.1. The molecule has 0 aliphatic carbocycles. The van der Waals surface area contributed by atoms with Gasteiger partial charge in [-0.05, 0) is 30.3 Å². The van der Waals surface area contributed by atoms with Crippen LogP contribution in [0.3, 0.4) is 0 Å². The number of carboxylic acid groups (broad SMARTS) is 1. The largest absolute Gasteiger partial charge is 0.478 e. The van der Waals surface area contributed by atoms with E-state index in [1.807, 2.05) is 0 Å². The molecule has 2 aromatic rings. The van der Waals surface area contributed by atoms with E-state index in [4.69, 9.17) is 21.3 Å². The number of halogens is 2. The minimum absolute atomic E-state index is 0.0124. The first kappa shape index (κ1) is 13.6. The fraction of sp³-hybridized carbons (Fsp3) is 0. The molecule has 0 aromatic heterocycles. The van der Waals surface area contributed by atoms with E-state index in [9.17, 15) is 13.6 Å². The average Bonchev–Trinajstić information content (AvgIpc) is 2.40. The van der Waals surface area contributed by atoms with Crippen LogP contribution in [-0.4, -0.2) is 11.1 Å². The van der Waals surface area contributed by atoms with Gasteiger partial charge in [-0.3, -0.25) is 0 Å². The Morgan fingerprint density at radius 2 is 1.75 bits per heavy atom. The van der Waals surface area contributed by atoms with Gasteiger partial charge < -0.3 is 21.3 Å². The van der Waals surface area contributed by atoms with Gasteiger partial charge in [0, 0.05) is 5.69 Å². The molecule has 0 bridgehead atoms. The number of benzene rings is 2. The van der Waals surface area contributed by atoms with Gasteiger partial charge in [0.25, 0.3) is 0 Å². The van der Waals surface area contributed by atoms with Gasteiger partial charge in [0.2, 0.25) is 5.75 Å². The summed E-state index contributed by atoms with van der Waals surface area (Å²) in [6.45, 7) is 0. The second kappa shape index (κ2) is 5.04. The monoisotopic (exact) mass is 280 g/mol. The van der Waals surface area contributed by atoms with Gasteiger partial charge in [-0.15, -0.1) is 0 Å². The van der Waals surface area contributed by atoms with Crippen molar-refractivity contribution < 1.29 is 23.4 Å². The van der Waals surface area contributed by atoms with E-state index in [-0.39, 0.29) is 22.7 Å². The van der Waals surface area contributed by atoms with Gasteiger partial charge >= 0.3 is 5.97 Å². The Labute approximate surface area is 112 Å². The van der Waals surface area contributed by atoms with Crippen LogP contribution in [0.1, 0.15) is 10.4 Å². The molecule has 20 heavy (non-hydrogen) atoms. The molecule has 0 radical (unpaired) electrons. The SMILES string of the molecule is Nc1ccc(Oc2c(F)ccc(N)c2F)cc1C(=O)O. The molecule has 104 valence electrons. The number of nitrogens with two attached hydrogens (primary N) is 2. The molecule has 0 aliphatic heterocycles. The number of anilines is 2. The molecule has 2 aromatic carbocycles. The van der Waals surface area contributed by atoms with E-state index in [0.29, 0.717) is 0 Å². The van der Waals surface area contributed by atoms with E-state index < -0.39 is 23.4 Å². The third kappa shape index (κ3) is 2.46.